The van der Waals surface area contributed by atoms with Crippen molar-refractivity contribution in [3.8, 4) is 0 Å². The number of pyridine rings is 1. The van der Waals surface area contributed by atoms with Gasteiger partial charge in [-0.1, -0.05) is 13.8 Å². The summed E-state index contributed by atoms with van der Waals surface area (Å²) >= 11 is 0. The molecular formula is C15H23N3O. The van der Waals surface area contributed by atoms with Crippen molar-refractivity contribution < 1.29 is 4.79 Å². The van der Waals surface area contributed by atoms with E-state index in [1.54, 1.807) is 12.3 Å². The van der Waals surface area contributed by atoms with Crippen LogP contribution in [-0.4, -0.2) is 43.0 Å². The lowest BCUT2D eigenvalue weighted by Crippen LogP contribution is -2.42. The molecule has 0 aliphatic carbocycles. The van der Waals surface area contributed by atoms with Gasteiger partial charge >= 0.3 is 0 Å². The molecule has 0 aromatic carbocycles. The third-order valence-electron chi connectivity index (χ3n) is 3.61. The number of carbonyl (C=O) groups excluding carboxylic acids is 1. The molecule has 4 nitrogen and oxygen atoms in total. The second kappa shape index (κ2) is 5.59. The molecule has 2 atom stereocenters. The van der Waals surface area contributed by atoms with Gasteiger partial charge in [-0.15, -0.1) is 0 Å². The zero-order valence-corrected chi connectivity index (χ0v) is 12.3. The maximum atomic E-state index is 12.5. The van der Waals surface area contributed by atoms with Crippen molar-refractivity contribution in [3.63, 3.8) is 0 Å². The number of hydrogen-bond donors (Lipinski definition) is 0. The highest BCUT2D eigenvalue weighted by Crippen LogP contribution is 2.23. The van der Waals surface area contributed by atoms with Crippen LogP contribution in [0.2, 0.25) is 0 Å². The molecular weight excluding hydrogens is 238 g/mol. The number of carbonyl (C=O) groups is 1. The Morgan fingerprint density at radius 2 is 1.95 bits per heavy atom. The lowest BCUT2D eigenvalue weighted by molar-refractivity contribution is 0.0623. The number of nitrogens with zero attached hydrogens (tertiary/aromatic N) is 3. The number of aromatic nitrogens is 1. The van der Waals surface area contributed by atoms with E-state index in [1.807, 2.05) is 30.0 Å². The fourth-order valence-electron chi connectivity index (χ4n) is 2.81. The van der Waals surface area contributed by atoms with E-state index in [0.717, 1.165) is 24.5 Å². The summed E-state index contributed by atoms with van der Waals surface area (Å²) in [6.45, 7) is 6.16. The zero-order chi connectivity index (χ0) is 14.0. The van der Waals surface area contributed by atoms with E-state index in [2.05, 4.69) is 18.8 Å². The molecule has 1 aromatic heterocycles. The maximum absolute atomic E-state index is 12.5. The molecule has 1 aliphatic rings. The van der Waals surface area contributed by atoms with Gasteiger partial charge in [0.25, 0.3) is 5.91 Å². The van der Waals surface area contributed by atoms with Crippen LogP contribution in [0.1, 0.15) is 30.6 Å². The first-order valence-corrected chi connectivity index (χ1v) is 6.90. The second-order valence-electron chi connectivity index (χ2n) is 5.95. The average molecular weight is 261 g/mol. The quantitative estimate of drug-likeness (QED) is 0.819. The van der Waals surface area contributed by atoms with Gasteiger partial charge < -0.3 is 9.80 Å². The van der Waals surface area contributed by atoms with E-state index in [-0.39, 0.29) is 5.91 Å². The highest BCUT2D eigenvalue weighted by molar-refractivity contribution is 5.94. The van der Waals surface area contributed by atoms with E-state index in [4.69, 9.17) is 0 Å². The lowest BCUT2D eigenvalue weighted by atomic mass is 9.91. The fourth-order valence-corrected chi connectivity index (χ4v) is 2.81. The van der Waals surface area contributed by atoms with Gasteiger partial charge in [-0.25, -0.2) is 4.98 Å². The van der Waals surface area contributed by atoms with Crippen LogP contribution in [0.4, 0.5) is 5.82 Å². The zero-order valence-electron chi connectivity index (χ0n) is 12.3. The van der Waals surface area contributed by atoms with Gasteiger partial charge in [0.2, 0.25) is 0 Å². The van der Waals surface area contributed by atoms with Crippen LogP contribution in [0.3, 0.4) is 0 Å². The molecule has 0 N–H and O–H groups in total. The van der Waals surface area contributed by atoms with Gasteiger partial charge in [0.1, 0.15) is 5.82 Å². The highest BCUT2D eigenvalue weighted by Gasteiger charge is 2.26. The number of rotatable bonds is 2. The standard InChI is InChI=1S/C15H23N3O/c1-11-7-12(2)10-18(9-11)15(19)13-5-6-16-14(8-13)17(3)4/h5-6,8,11-12H,7,9-10H2,1-4H3. The van der Waals surface area contributed by atoms with Crippen molar-refractivity contribution in [3.05, 3.63) is 23.9 Å². The van der Waals surface area contributed by atoms with Crippen LogP contribution < -0.4 is 4.90 Å². The minimum atomic E-state index is 0.129. The Hall–Kier alpha value is -1.58. The molecule has 1 fully saturated rings. The molecule has 1 amide bonds. The van der Waals surface area contributed by atoms with Crippen LogP contribution in [0.5, 0.6) is 0 Å². The van der Waals surface area contributed by atoms with Crippen LogP contribution >= 0.6 is 0 Å². The normalized spacial score (nSPS) is 23.3. The Morgan fingerprint density at radius 3 is 2.53 bits per heavy atom. The largest absolute Gasteiger partial charge is 0.363 e. The average Bonchev–Trinajstić information content (AvgIpc) is 2.37. The van der Waals surface area contributed by atoms with Gasteiger partial charge in [-0.3, -0.25) is 4.79 Å². The van der Waals surface area contributed by atoms with Crippen molar-refractivity contribution in [2.24, 2.45) is 11.8 Å². The van der Waals surface area contributed by atoms with Gasteiger partial charge in [-0.05, 0) is 30.4 Å². The van der Waals surface area contributed by atoms with Crippen LogP contribution in [0.25, 0.3) is 0 Å². The SMILES string of the molecule is CC1CC(C)CN(C(=O)c2ccnc(N(C)C)c2)C1. The van der Waals surface area contributed by atoms with E-state index in [0.29, 0.717) is 11.8 Å². The summed E-state index contributed by atoms with van der Waals surface area (Å²) in [6.07, 6.45) is 2.92. The molecule has 2 unspecified atom stereocenters. The minimum Gasteiger partial charge on any atom is -0.363 e. The van der Waals surface area contributed by atoms with Gasteiger partial charge in [0.05, 0.1) is 0 Å². The molecule has 0 radical (unpaired) electrons. The summed E-state index contributed by atoms with van der Waals surface area (Å²) in [6, 6.07) is 3.67. The summed E-state index contributed by atoms with van der Waals surface area (Å²) in [7, 11) is 3.86. The Balaban J connectivity index is 2.17. The van der Waals surface area contributed by atoms with Crippen LogP contribution in [-0.2, 0) is 0 Å². The number of anilines is 1. The van der Waals surface area contributed by atoms with E-state index >= 15 is 0 Å². The van der Waals surface area contributed by atoms with Gasteiger partial charge in [0.15, 0.2) is 0 Å². The molecule has 104 valence electrons. The number of likely N-dealkylation sites (tertiary alicyclic amines) is 1. The minimum absolute atomic E-state index is 0.129. The predicted octanol–water partition coefficient (Wildman–Crippen LogP) is 2.27. The third kappa shape index (κ3) is 3.25. The molecule has 1 aliphatic heterocycles. The summed E-state index contributed by atoms with van der Waals surface area (Å²) < 4.78 is 0. The second-order valence-corrected chi connectivity index (χ2v) is 5.95. The maximum Gasteiger partial charge on any atom is 0.254 e. The lowest BCUT2D eigenvalue weighted by Gasteiger charge is -2.35. The molecule has 4 heteroatoms. The number of amides is 1. The molecule has 0 saturated carbocycles. The van der Waals surface area contributed by atoms with Gasteiger partial charge in [0, 0.05) is 38.9 Å². The molecule has 19 heavy (non-hydrogen) atoms. The van der Waals surface area contributed by atoms with E-state index in [9.17, 15) is 4.79 Å². The van der Waals surface area contributed by atoms with Crippen molar-refractivity contribution >= 4 is 11.7 Å². The fraction of sp³-hybridized carbons (Fsp3) is 0.600. The summed E-state index contributed by atoms with van der Waals surface area (Å²) in [5, 5.41) is 0. The van der Waals surface area contributed by atoms with Crippen molar-refractivity contribution in [2.75, 3.05) is 32.1 Å². The number of piperidine rings is 1. The Bertz CT molecular complexity index is 448. The molecule has 2 heterocycles. The Morgan fingerprint density at radius 1 is 1.32 bits per heavy atom. The molecule has 0 spiro atoms. The summed E-state index contributed by atoms with van der Waals surface area (Å²) in [5.41, 5.74) is 0.736. The third-order valence-corrected chi connectivity index (χ3v) is 3.61. The van der Waals surface area contributed by atoms with Crippen LogP contribution in [0.15, 0.2) is 18.3 Å². The van der Waals surface area contributed by atoms with Crippen molar-refractivity contribution in [2.45, 2.75) is 20.3 Å². The molecule has 0 bridgehead atoms. The topological polar surface area (TPSA) is 36.4 Å². The van der Waals surface area contributed by atoms with Crippen LogP contribution in [0, 0.1) is 11.8 Å². The molecule has 2 rings (SSSR count). The van der Waals surface area contributed by atoms with E-state index < -0.39 is 0 Å². The molecule has 1 saturated heterocycles. The van der Waals surface area contributed by atoms with Crippen molar-refractivity contribution in [1.29, 1.82) is 0 Å². The first-order valence-electron chi connectivity index (χ1n) is 6.90. The first-order chi connectivity index (χ1) is 8.97. The smallest absolute Gasteiger partial charge is 0.254 e. The number of hydrogen-bond acceptors (Lipinski definition) is 3. The Kier molecular flexibility index (Phi) is 4.08. The summed E-state index contributed by atoms with van der Waals surface area (Å²) in [4.78, 5) is 20.7. The molecule has 1 aromatic rings. The van der Waals surface area contributed by atoms with Crippen molar-refractivity contribution in [1.82, 2.24) is 9.88 Å². The van der Waals surface area contributed by atoms with E-state index in [1.165, 1.54) is 6.42 Å². The monoisotopic (exact) mass is 261 g/mol. The Labute approximate surface area is 115 Å². The van der Waals surface area contributed by atoms with Gasteiger partial charge in [-0.2, -0.15) is 0 Å². The summed E-state index contributed by atoms with van der Waals surface area (Å²) in [5.74, 6) is 2.12. The predicted molar refractivity (Wildman–Crippen MR) is 77.4 cm³/mol. The first kappa shape index (κ1) is 13.8. The highest BCUT2D eigenvalue weighted by atomic mass is 16.2.